The molecule has 1 atom stereocenters. The predicted molar refractivity (Wildman–Crippen MR) is 76.7 cm³/mol. The Balaban J connectivity index is 2.06. The van der Waals surface area contributed by atoms with Gasteiger partial charge in [0.1, 0.15) is 5.82 Å². The molecule has 0 radical (unpaired) electrons. The highest BCUT2D eigenvalue weighted by molar-refractivity contribution is 5.55. The summed E-state index contributed by atoms with van der Waals surface area (Å²) in [6, 6.07) is 4.91. The van der Waals surface area contributed by atoms with Crippen LogP contribution in [0.1, 0.15) is 39.5 Å². The van der Waals surface area contributed by atoms with Gasteiger partial charge in [-0.15, -0.1) is 0 Å². The fourth-order valence-corrected chi connectivity index (χ4v) is 2.83. The molecule has 1 unspecified atom stereocenters. The van der Waals surface area contributed by atoms with Crippen molar-refractivity contribution >= 4 is 11.4 Å². The van der Waals surface area contributed by atoms with Gasteiger partial charge in [-0.05, 0) is 43.9 Å². The SMILES string of the molecule is CCC1(CC)CC(Nc2cc(N)cc(F)c2)CCO1. The van der Waals surface area contributed by atoms with Gasteiger partial charge in [0.15, 0.2) is 0 Å². The van der Waals surface area contributed by atoms with Gasteiger partial charge >= 0.3 is 0 Å². The Hall–Kier alpha value is -1.29. The van der Waals surface area contributed by atoms with Crippen LogP contribution in [-0.2, 0) is 4.74 Å². The van der Waals surface area contributed by atoms with Crippen LogP contribution in [0.25, 0.3) is 0 Å². The lowest BCUT2D eigenvalue weighted by molar-refractivity contribution is -0.0864. The van der Waals surface area contributed by atoms with Gasteiger partial charge in [-0.1, -0.05) is 13.8 Å². The number of hydrogen-bond acceptors (Lipinski definition) is 3. The van der Waals surface area contributed by atoms with E-state index in [4.69, 9.17) is 10.5 Å². The van der Waals surface area contributed by atoms with Crippen LogP contribution in [0, 0.1) is 5.82 Å². The molecule has 1 heterocycles. The van der Waals surface area contributed by atoms with Gasteiger partial charge in [0.2, 0.25) is 0 Å². The number of nitrogens with one attached hydrogen (secondary N) is 1. The van der Waals surface area contributed by atoms with E-state index in [1.54, 1.807) is 6.07 Å². The molecule has 0 aromatic heterocycles. The third-order valence-corrected chi connectivity index (χ3v) is 4.07. The van der Waals surface area contributed by atoms with Gasteiger partial charge in [-0.25, -0.2) is 4.39 Å². The third kappa shape index (κ3) is 3.38. The number of nitrogens with two attached hydrogens (primary N) is 1. The van der Waals surface area contributed by atoms with Crippen LogP contribution in [0.5, 0.6) is 0 Å². The molecule has 3 nitrogen and oxygen atoms in total. The third-order valence-electron chi connectivity index (χ3n) is 4.07. The summed E-state index contributed by atoms with van der Waals surface area (Å²) in [5, 5.41) is 3.39. The maximum absolute atomic E-state index is 13.3. The van der Waals surface area contributed by atoms with Gasteiger partial charge in [0.25, 0.3) is 0 Å². The summed E-state index contributed by atoms with van der Waals surface area (Å²) < 4.78 is 19.3. The summed E-state index contributed by atoms with van der Waals surface area (Å²) in [6.45, 7) is 5.07. The Kier molecular flexibility index (Phi) is 4.30. The first kappa shape index (κ1) is 14.1. The molecule has 1 saturated heterocycles. The van der Waals surface area contributed by atoms with E-state index in [9.17, 15) is 4.39 Å². The highest BCUT2D eigenvalue weighted by Gasteiger charge is 2.34. The van der Waals surface area contributed by atoms with Crippen LogP contribution < -0.4 is 11.1 Å². The fraction of sp³-hybridized carbons (Fsp3) is 0.600. The van der Waals surface area contributed by atoms with Gasteiger partial charge in [0.05, 0.1) is 5.60 Å². The van der Waals surface area contributed by atoms with Crippen molar-refractivity contribution in [3.63, 3.8) is 0 Å². The molecule has 1 aliphatic heterocycles. The summed E-state index contributed by atoms with van der Waals surface area (Å²) in [4.78, 5) is 0. The molecule has 4 heteroatoms. The largest absolute Gasteiger partial charge is 0.399 e. The highest BCUT2D eigenvalue weighted by Crippen LogP contribution is 2.33. The van der Waals surface area contributed by atoms with Crippen molar-refractivity contribution in [3.05, 3.63) is 24.0 Å². The molecular weight excluding hydrogens is 243 g/mol. The predicted octanol–water partition coefficient (Wildman–Crippen LogP) is 3.56. The average Bonchev–Trinajstić information content (AvgIpc) is 2.37. The summed E-state index contributed by atoms with van der Waals surface area (Å²) in [6.07, 6.45) is 3.91. The zero-order valence-corrected chi connectivity index (χ0v) is 11.7. The van der Waals surface area contributed by atoms with E-state index in [-0.39, 0.29) is 11.4 Å². The van der Waals surface area contributed by atoms with Crippen LogP contribution >= 0.6 is 0 Å². The molecule has 1 fully saturated rings. The Labute approximate surface area is 114 Å². The van der Waals surface area contributed by atoms with E-state index < -0.39 is 0 Å². The standard InChI is InChI=1S/C15H23FN2O/c1-3-15(4-2)10-13(5-6-19-15)18-14-8-11(16)7-12(17)9-14/h7-9,13,18H,3-6,10,17H2,1-2H3. The first-order valence-electron chi connectivity index (χ1n) is 7.03. The molecular formula is C15H23FN2O. The van der Waals surface area contributed by atoms with Crippen LogP contribution in [-0.4, -0.2) is 18.2 Å². The number of benzene rings is 1. The van der Waals surface area contributed by atoms with E-state index in [1.165, 1.54) is 12.1 Å². The number of nitrogen functional groups attached to an aromatic ring is 1. The minimum atomic E-state index is -0.299. The monoisotopic (exact) mass is 266 g/mol. The summed E-state index contributed by atoms with van der Waals surface area (Å²) in [5.74, 6) is -0.299. The minimum absolute atomic E-state index is 0.0330. The Morgan fingerprint density at radius 2 is 2.11 bits per heavy atom. The molecule has 19 heavy (non-hydrogen) atoms. The van der Waals surface area contributed by atoms with Gasteiger partial charge < -0.3 is 15.8 Å². The highest BCUT2D eigenvalue weighted by atomic mass is 19.1. The van der Waals surface area contributed by atoms with Crippen molar-refractivity contribution in [2.75, 3.05) is 17.7 Å². The molecule has 3 N–H and O–H groups in total. The molecule has 0 bridgehead atoms. The smallest absolute Gasteiger partial charge is 0.127 e. The van der Waals surface area contributed by atoms with E-state index in [0.717, 1.165) is 38.0 Å². The molecule has 0 amide bonds. The number of anilines is 2. The summed E-state index contributed by atoms with van der Waals surface area (Å²) >= 11 is 0. The fourth-order valence-electron chi connectivity index (χ4n) is 2.83. The van der Waals surface area contributed by atoms with E-state index in [0.29, 0.717) is 11.7 Å². The normalized spacial score (nSPS) is 22.2. The maximum atomic E-state index is 13.3. The van der Waals surface area contributed by atoms with Crippen molar-refractivity contribution < 1.29 is 9.13 Å². The lowest BCUT2D eigenvalue weighted by Gasteiger charge is -2.40. The minimum Gasteiger partial charge on any atom is -0.399 e. The first-order chi connectivity index (χ1) is 9.07. The first-order valence-corrected chi connectivity index (χ1v) is 7.03. The zero-order valence-electron chi connectivity index (χ0n) is 11.7. The second kappa shape index (κ2) is 5.78. The second-order valence-electron chi connectivity index (χ2n) is 5.35. The van der Waals surface area contributed by atoms with Crippen molar-refractivity contribution in [1.29, 1.82) is 0 Å². The molecule has 106 valence electrons. The molecule has 1 aromatic carbocycles. The van der Waals surface area contributed by atoms with Crippen molar-refractivity contribution in [2.24, 2.45) is 0 Å². The molecule has 1 aliphatic rings. The molecule has 0 spiro atoms. The maximum Gasteiger partial charge on any atom is 0.127 e. The van der Waals surface area contributed by atoms with Gasteiger partial charge in [0, 0.05) is 24.0 Å². The van der Waals surface area contributed by atoms with Gasteiger partial charge in [-0.2, -0.15) is 0 Å². The van der Waals surface area contributed by atoms with Crippen LogP contribution in [0.3, 0.4) is 0 Å². The van der Waals surface area contributed by atoms with E-state index >= 15 is 0 Å². The Morgan fingerprint density at radius 3 is 2.74 bits per heavy atom. The second-order valence-corrected chi connectivity index (χ2v) is 5.35. The van der Waals surface area contributed by atoms with Gasteiger partial charge in [-0.3, -0.25) is 0 Å². The summed E-state index contributed by atoms with van der Waals surface area (Å²) in [5.41, 5.74) is 6.84. The number of rotatable bonds is 4. The lowest BCUT2D eigenvalue weighted by Crippen LogP contribution is -2.43. The number of ether oxygens (including phenoxy) is 1. The van der Waals surface area contributed by atoms with Crippen LogP contribution in [0.2, 0.25) is 0 Å². The van der Waals surface area contributed by atoms with Crippen molar-refractivity contribution in [2.45, 2.75) is 51.2 Å². The Bertz CT molecular complexity index is 412. The van der Waals surface area contributed by atoms with Crippen molar-refractivity contribution in [3.8, 4) is 0 Å². The summed E-state index contributed by atoms with van der Waals surface area (Å²) in [7, 11) is 0. The molecule has 2 rings (SSSR count). The van der Waals surface area contributed by atoms with Crippen LogP contribution in [0.15, 0.2) is 18.2 Å². The molecule has 1 aromatic rings. The quantitative estimate of drug-likeness (QED) is 0.819. The zero-order chi connectivity index (χ0) is 13.9. The van der Waals surface area contributed by atoms with E-state index in [1.807, 2.05) is 0 Å². The topological polar surface area (TPSA) is 47.3 Å². The number of halogens is 1. The van der Waals surface area contributed by atoms with E-state index in [2.05, 4.69) is 19.2 Å². The van der Waals surface area contributed by atoms with Crippen molar-refractivity contribution in [1.82, 2.24) is 0 Å². The Morgan fingerprint density at radius 1 is 1.37 bits per heavy atom. The number of hydrogen-bond donors (Lipinski definition) is 2. The molecule has 0 saturated carbocycles. The van der Waals surface area contributed by atoms with Crippen LogP contribution in [0.4, 0.5) is 15.8 Å². The molecule has 0 aliphatic carbocycles. The lowest BCUT2D eigenvalue weighted by atomic mass is 9.86. The average molecular weight is 266 g/mol.